The molecule has 0 unspecified atom stereocenters. The lowest BCUT2D eigenvalue weighted by molar-refractivity contribution is 0.0486. The fourth-order valence-corrected chi connectivity index (χ4v) is 3.15. The van der Waals surface area contributed by atoms with Gasteiger partial charge in [0, 0.05) is 32.4 Å². The minimum atomic E-state index is -1.06. The highest BCUT2D eigenvalue weighted by molar-refractivity contribution is 5.89. The Morgan fingerprint density at radius 3 is 2.50 bits per heavy atom. The van der Waals surface area contributed by atoms with Crippen LogP contribution in [-0.4, -0.2) is 58.9 Å². The third kappa shape index (κ3) is 6.70. The molecule has 1 aromatic rings. The van der Waals surface area contributed by atoms with Gasteiger partial charge in [-0.15, -0.1) is 5.10 Å². The zero-order chi connectivity index (χ0) is 20.7. The predicted molar refractivity (Wildman–Crippen MR) is 102 cm³/mol. The third-order valence-electron chi connectivity index (χ3n) is 4.45. The lowest BCUT2D eigenvalue weighted by Gasteiger charge is -2.30. The van der Waals surface area contributed by atoms with Crippen molar-refractivity contribution in [2.24, 2.45) is 0 Å². The number of carbonyl (C=O) groups excluding carboxylic acids is 1. The molecule has 0 bridgehead atoms. The zero-order valence-corrected chi connectivity index (χ0v) is 17.1. The van der Waals surface area contributed by atoms with E-state index < -0.39 is 17.7 Å². The lowest BCUT2D eigenvalue weighted by atomic mass is 9.91. The van der Waals surface area contributed by atoms with Gasteiger partial charge >= 0.3 is 12.1 Å². The van der Waals surface area contributed by atoms with Gasteiger partial charge in [0.05, 0.1) is 12.6 Å². The second-order valence-corrected chi connectivity index (χ2v) is 7.98. The molecule has 0 aromatic carbocycles. The van der Waals surface area contributed by atoms with Crippen molar-refractivity contribution in [1.82, 2.24) is 15.1 Å². The van der Waals surface area contributed by atoms with Crippen LogP contribution in [-0.2, 0) is 9.47 Å². The number of carboxylic acids is 1. The molecule has 0 aliphatic heterocycles. The summed E-state index contributed by atoms with van der Waals surface area (Å²) < 4.78 is 17.5. The molecule has 0 radical (unpaired) electrons. The third-order valence-corrected chi connectivity index (χ3v) is 4.45. The number of aromatic carboxylic acids is 1. The van der Waals surface area contributed by atoms with E-state index in [1.807, 2.05) is 20.8 Å². The quantitative estimate of drug-likeness (QED) is 0.649. The number of hydrogen-bond donors (Lipinski definition) is 2. The van der Waals surface area contributed by atoms with E-state index in [1.165, 1.54) is 6.20 Å². The Balaban J connectivity index is 1.91. The van der Waals surface area contributed by atoms with Gasteiger partial charge in [-0.05, 0) is 46.5 Å². The zero-order valence-electron chi connectivity index (χ0n) is 17.1. The summed E-state index contributed by atoms with van der Waals surface area (Å²) in [5, 5.41) is 16.6. The number of nitrogens with zero attached hydrogens (tertiary/aromatic N) is 2. The molecule has 1 saturated carbocycles. The van der Waals surface area contributed by atoms with Crippen molar-refractivity contribution >= 4 is 12.1 Å². The van der Waals surface area contributed by atoms with Gasteiger partial charge in [-0.2, -0.15) is 0 Å². The van der Waals surface area contributed by atoms with E-state index in [0.29, 0.717) is 19.6 Å². The van der Waals surface area contributed by atoms with Gasteiger partial charge in [0.15, 0.2) is 0 Å². The van der Waals surface area contributed by atoms with Gasteiger partial charge in [-0.1, -0.05) is 0 Å². The number of carbonyl (C=O) groups is 2. The molecule has 28 heavy (non-hydrogen) atoms. The molecule has 9 nitrogen and oxygen atoms in total. The molecular weight excluding hydrogens is 366 g/mol. The van der Waals surface area contributed by atoms with Gasteiger partial charge in [0.2, 0.25) is 5.88 Å². The molecule has 0 spiro atoms. The summed E-state index contributed by atoms with van der Waals surface area (Å²) in [7, 11) is 1.60. The molecule has 158 valence electrons. The van der Waals surface area contributed by atoms with Crippen molar-refractivity contribution in [2.75, 3.05) is 20.3 Å². The second kappa shape index (κ2) is 9.77. The number of carboxylic acid groups (broad SMARTS) is 1. The monoisotopic (exact) mass is 397 g/mol. The van der Waals surface area contributed by atoms with Crippen LogP contribution in [0.15, 0.2) is 6.20 Å². The van der Waals surface area contributed by atoms with E-state index in [4.69, 9.17) is 14.2 Å². The average molecular weight is 397 g/mol. The number of rotatable bonds is 8. The highest BCUT2D eigenvalue weighted by atomic mass is 16.6. The molecule has 1 amide bonds. The van der Waals surface area contributed by atoms with Gasteiger partial charge in [-0.3, -0.25) is 4.68 Å². The van der Waals surface area contributed by atoms with Crippen molar-refractivity contribution in [1.29, 1.82) is 0 Å². The van der Waals surface area contributed by atoms with E-state index in [0.717, 1.165) is 25.7 Å². The summed E-state index contributed by atoms with van der Waals surface area (Å²) in [5.41, 5.74) is -0.463. The number of aromatic nitrogens is 2. The summed E-state index contributed by atoms with van der Waals surface area (Å²) in [6.45, 7) is 6.37. The normalized spacial score (nSPS) is 19.9. The standard InChI is InChI=1S/C19H31N3O6/c1-19(2,3)28-18(25)20-13-6-8-14(9-7-13)22-12-15(17(23)24)16(21-22)27-11-5-10-26-4/h12-14H,5-11H2,1-4H3,(H,20,25)(H,23,24)/t13-,14-. The van der Waals surface area contributed by atoms with Gasteiger partial charge < -0.3 is 24.6 Å². The number of nitrogens with one attached hydrogen (secondary N) is 1. The van der Waals surface area contributed by atoms with Crippen LogP contribution in [0, 0.1) is 0 Å². The van der Waals surface area contributed by atoms with Crippen LogP contribution in [0.2, 0.25) is 0 Å². The first kappa shape index (κ1) is 22.0. The molecule has 1 aliphatic carbocycles. The maximum atomic E-state index is 11.9. The van der Waals surface area contributed by atoms with Crippen molar-refractivity contribution in [2.45, 2.75) is 70.6 Å². The summed E-state index contributed by atoms with van der Waals surface area (Å²) in [6.07, 6.45) is 4.89. The van der Waals surface area contributed by atoms with E-state index in [2.05, 4.69) is 10.4 Å². The topological polar surface area (TPSA) is 112 Å². The van der Waals surface area contributed by atoms with Gasteiger partial charge in [-0.25, -0.2) is 9.59 Å². The largest absolute Gasteiger partial charge is 0.477 e. The van der Waals surface area contributed by atoms with Crippen LogP contribution in [0.4, 0.5) is 4.79 Å². The van der Waals surface area contributed by atoms with Crippen molar-refractivity contribution < 1.29 is 28.9 Å². The molecular formula is C19H31N3O6. The molecule has 2 rings (SSSR count). The van der Waals surface area contributed by atoms with Gasteiger partial charge in [0.25, 0.3) is 0 Å². The Kier molecular flexibility index (Phi) is 7.68. The summed E-state index contributed by atoms with van der Waals surface area (Å²) in [6, 6.07) is 0.122. The fourth-order valence-electron chi connectivity index (χ4n) is 3.15. The number of hydrogen-bond acceptors (Lipinski definition) is 6. The molecule has 2 N–H and O–H groups in total. The molecule has 1 aromatic heterocycles. The summed E-state index contributed by atoms with van der Waals surface area (Å²) >= 11 is 0. The molecule has 1 heterocycles. The molecule has 0 atom stereocenters. The lowest BCUT2D eigenvalue weighted by Crippen LogP contribution is -2.41. The molecule has 1 fully saturated rings. The number of ether oxygens (including phenoxy) is 3. The van der Waals surface area contributed by atoms with E-state index in [1.54, 1.807) is 11.8 Å². The molecule has 1 aliphatic rings. The SMILES string of the molecule is COCCCOc1nn([C@H]2CC[C@H](NC(=O)OC(C)(C)C)CC2)cc1C(=O)O. The number of amides is 1. The van der Waals surface area contributed by atoms with Crippen LogP contribution in [0.3, 0.4) is 0 Å². The van der Waals surface area contributed by atoms with Gasteiger partial charge in [0.1, 0.15) is 11.2 Å². The van der Waals surface area contributed by atoms with E-state index >= 15 is 0 Å². The van der Waals surface area contributed by atoms with Crippen LogP contribution < -0.4 is 10.1 Å². The minimum absolute atomic E-state index is 0.0466. The van der Waals surface area contributed by atoms with Crippen LogP contribution in [0.1, 0.15) is 69.3 Å². The summed E-state index contributed by atoms with van der Waals surface area (Å²) in [5.74, 6) is -0.925. The Hall–Kier alpha value is -2.29. The number of methoxy groups -OCH3 is 1. The maximum absolute atomic E-state index is 11.9. The first-order valence-corrected chi connectivity index (χ1v) is 9.63. The van der Waals surface area contributed by atoms with Crippen LogP contribution in [0.25, 0.3) is 0 Å². The van der Waals surface area contributed by atoms with Crippen molar-refractivity contribution in [3.05, 3.63) is 11.8 Å². The molecule has 0 saturated heterocycles. The molecule has 9 heteroatoms. The van der Waals surface area contributed by atoms with Crippen LogP contribution >= 0.6 is 0 Å². The first-order valence-electron chi connectivity index (χ1n) is 9.63. The Morgan fingerprint density at radius 1 is 1.25 bits per heavy atom. The smallest absolute Gasteiger partial charge is 0.407 e. The predicted octanol–water partition coefficient (Wildman–Crippen LogP) is 3.01. The Morgan fingerprint density at radius 2 is 1.93 bits per heavy atom. The maximum Gasteiger partial charge on any atom is 0.407 e. The van der Waals surface area contributed by atoms with Crippen molar-refractivity contribution in [3.63, 3.8) is 0 Å². The van der Waals surface area contributed by atoms with E-state index in [9.17, 15) is 14.7 Å². The Labute approximate surface area is 165 Å². The van der Waals surface area contributed by atoms with Crippen molar-refractivity contribution in [3.8, 4) is 5.88 Å². The summed E-state index contributed by atoms with van der Waals surface area (Å²) in [4.78, 5) is 23.4. The van der Waals surface area contributed by atoms with E-state index in [-0.39, 0.29) is 23.5 Å². The Bertz CT molecular complexity index is 659. The minimum Gasteiger partial charge on any atom is -0.477 e. The average Bonchev–Trinajstić information content (AvgIpc) is 3.02. The highest BCUT2D eigenvalue weighted by Gasteiger charge is 2.28. The van der Waals surface area contributed by atoms with Crippen LogP contribution in [0.5, 0.6) is 5.88 Å². The fraction of sp³-hybridized carbons (Fsp3) is 0.737. The highest BCUT2D eigenvalue weighted by Crippen LogP contribution is 2.30. The first-order chi connectivity index (χ1) is 13.2. The second-order valence-electron chi connectivity index (χ2n) is 7.98. The number of alkyl carbamates (subject to hydrolysis) is 1.